The highest BCUT2D eigenvalue weighted by molar-refractivity contribution is 5.96. The van der Waals surface area contributed by atoms with E-state index in [0.29, 0.717) is 54.3 Å². The van der Waals surface area contributed by atoms with Crippen LogP contribution in [0, 0.1) is 5.82 Å². The Morgan fingerprint density at radius 2 is 1.84 bits per heavy atom. The zero-order chi connectivity index (χ0) is 26.6. The first-order chi connectivity index (χ1) is 18.4. The quantitative estimate of drug-likeness (QED) is 0.431. The molecule has 6 rings (SSSR count). The Morgan fingerprint density at radius 3 is 2.53 bits per heavy atom. The van der Waals surface area contributed by atoms with Crippen molar-refractivity contribution >= 4 is 39.4 Å². The molecule has 1 N–H and O–H groups in total. The fraction of sp³-hybridized carbons (Fsp3) is 0.286. The Balaban J connectivity index is 1.26. The van der Waals surface area contributed by atoms with Gasteiger partial charge in [-0.2, -0.15) is 0 Å². The Bertz CT molecular complexity index is 1670. The minimum absolute atomic E-state index is 0.0599. The number of carbonyl (C=O) groups is 2. The van der Waals surface area contributed by atoms with E-state index in [4.69, 9.17) is 4.74 Å². The molecule has 4 aromatic rings. The van der Waals surface area contributed by atoms with Crippen molar-refractivity contribution in [1.29, 1.82) is 0 Å². The van der Waals surface area contributed by atoms with Gasteiger partial charge in [0.05, 0.1) is 18.3 Å². The second kappa shape index (κ2) is 9.13. The molecule has 1 saturated carbocycles. The lowest BCUT2D eigenvalue weighted by atomic mass is 10.1. The number of rotatable bonds is 5. The van der Waals surface area contributed by atoms with Crippen LogP contribution in [0.4, 0.5) is 10.1 Å². The van der Waals surface area contributed by atoms with E-state index in [9.17, 15) is 19.5 Å². The summed E-state index contributed by atoms with van der Waals surface area (Å²) in [5, 5.41) is 10.4. The molecule has 1 saturated heterocycles. The largest absolute Gasteiger partial charge is 0.494 e. The van der Waals surface area contributed by atoms with Crippen molar-refractivity contribution in [3.63, 3.8) is 0 Å². The molecule has 0 bridgehead atoms. The predicted octanol–water partition coefficient (Wildman–Crippen LogP) is 3.69. The Labute approximate surface area is 216 Å². The van der Waals surface area contributed by atoms with Gasteiger partial charge in [0.15, 0.2) is 0 Å². The lowest BCUT2D eigenvalue weighted by molar-refractivity contribution is 0.0693. The summed E-state index contributed by atoms with van der Waals surface area (Å²) in [6.07, 6.45) is 3.12. The van der Waals surface area contributed by atoms with Gasteiger partial charge in [0, 0.05) is 49.2 Å². The molecule has 2 fully saturated rings. The van der Waals surface area contributed by atoms with Crippen LogP contribution in [0.25, 0.3) is 21.8 Å². The van der Waals surface area contributed by atoms with E-state index in [2.05, 4.69) is 4.98 Å². The molecular weight excluding hydrogens is 491 g/mol. The van der Waals surface area contributed by atoms with Crippen LogP contribution in [0.3, 0.4) is 0 Å². The molecule has 0 unspecified atom stereocenters. The van der Waals surface area contributed by atoms with Crippen LogP contribution in [0.2, 0.25) is 0 Å². The van der Waals surface area contributed by atoms with E-state index in [1.807, 2.05) is 23.1 Å². The smallest absolute Gasteiger partial charge is 0.341 e. The van der Waals surface area contributed by atoms with Gasteiger partial charge in [0.1, 0.15) is 28.3 Å². The fourth-order valence-electron chi connectivity index (χ4n) is 5.12. The fourth-order valence-corrected chi connectivity index (χ4v) is 5.12. The van der Waals surface area contributed by atoms with Crippen molar-refractivity contribution < 1.29 is 23.8 Å². The van der Waals surface area contributed by atoms with Crippen molar-refractivity contribution in [2.24, 2.45) is 0 Å². The molecule has 2 aliphatic rings. The number of anilines is 1. The molecule has 194 valence electrons. The van der Waals surface area contributed by atoms with Crippen LogP contribution in [-0.2, 0) is 0 Å². The number of ether oxygens (including phenoxy) is 1. The van der Waals surface area contributed by atoms with Crippen LogP contribution in [-0.4, -0.2) is 64.7 Å². The van der Waals surface area contributed by atoms with Crippen molar-refractivity contribution in [1.82, 2.24) is 14.5 Å². The molecule has 2 aromatic heterocycles. The number of hydrogen-bond acceptors (Lipinski definition) is 6. The molecule has 1 aliphatic heterocycles. The zero-order valence-corrected chi connectivity index (χ0v) is 20.7. The molecule has 2 aromatic carbocycles. The monoisotopic (exact) mass is 516 g/mol. The topological polar surface area (TPSA) is 105 Å². The van der Waals surface area contributed by atoms with Gasteiger partial charge in [-0.05, 0) is 37.1 Å². The van der Waals surface area contributed by atoms with Crippen LogP contribution in [0.15, 0.2) is 53.5 Å². The Hall–Kier alpha value is -4.47. The van der Waals surface area contributed by atoms with Crippen molar-refractivity contribution in [3.8, 4) is 5.75 Å². The number of aromatic nitrogens is 2. The number of halogens is 1. The number of amides is 1. The molecule has 3 heterocycles. The van der Waals surface area contributed by atoms with E-state index in [1.165, 1.54) is 6.20 Å². The van der Waals surface area contributed by atoms with E-state index < -0.39 is 17.2 Å². The highest BCUT2D eigenvalue weighted by atomic mass is 19.1. The van der Waals surface area contributed by atoms with Gasteiger partial charge >= 0.3 is 5.97 Å². The third-order valence-corrected chi connectivity index (χ3v) is 7.30. The molecule has 10 heteroatoms. The third kappa shape index (κ3) is 4.02. The van der Waals surface area contributed by atoms with E-state index >= 15 is 4.39 Å². The van der Waals surface area contributed by atoms with Gasteiger partial charge in [-0.3, -0.25) is 9.59 Å². The average Bonchev–Trinajstić information content (AvgIpc) is 3.77. The molecule has 1 amide bonds. The second-order valence-corrected chi connectivity index (χ2v) is 9.64. The van der Waals surface area contributed by atoms with E-state index in [1.54, 1.807) is 34.8 Å². The predicted molar refractivity (Wildman–Crippen MR) is 140 cm³/mol. The minimum Gasteiger partial charge on any atom is -0.494 e. The molecule has 0 atom stereocenters. The first-order valence-electron chi connectivity index (χ1n) is 12.5. The van der Waals surface area contributed by atoms with Crippen LogP contribution in [0.1, 0.15) is 39.7 Å². The van der Waals surface area contributed by atoms with Crippen LogP contribution >= 0.6 is 0 Å². The van der Waals surface area contributed by atoms with Crippen LogP contribution in [0.5, 0.6) is 5.75 Å². The maximum atomic E-state index is 15.3. The number of carboxylic acids is 1. The zero-order valence-electron chi connectivity index (χ0n) is 20.7. The summed E-state index contributed by atoms with van der Waals surface area (Å²) in [7, 11) is 1.56. The number of benzene rings is 2. The summed E-state index contributed by atoms with van der Waals surface area (Å²) in [6.45, 7) is 1.53. The summed E-state index contributed by atoms with van der Waals surface area (Å²) in [5.74, 6) is -1.53. The molecule has 1 aliphatic carbocycles. The third-order valence-electron chi connectivity index (χ3n) is 7.30. The molecule has 38 heavy (non-hydrogen) atoms. The van der Waals surface area contributed by atoms with Gasteiger partial charge in [0.2, 0.25) is 5.43 Å². The number of para-hydroxylation sites is 1. The number of hydrogen-bond donors (Lipinski definition) is 1. The van der Waals surface area contributed by atoms with Gasteiger partial charge in [-0.25, -0.2) is 14.2 Å². The van der Waals surface area contributed by atoms with Crippen molar-refractivity contribution in [3.05, 3.63) is 76.0 Å². The highest BCUT2D eigenvalue weighted by Gasteiger charge is 2.29. The number of aromatic carboxylic acids is 1. The van der Waals surface area contributed by atoms with E-state index in [-0.39, 0.29) is 22.9 Å². The maximum Gasteiger partial charge on any atom is 0.341 e. The lowest BCUT2D eigenvalue weighted by Crippen LogP contribution is -2.49. The summed E-state index contributed by atoms with van der Waals surface area (Å²) >= 11 is 0. The Kier molecular flexibility index (Phi) is 5.74. The number of pyridine rings is 2. The molecule has 9 nitrogen and oxygen atoms in total. The number of methoxy groups -OCH3 is 1. The molecule has 0 spiro atoms. The number of carboxylic acid groups (broad SMARTS) is 1. The minimum atomic E-state index is -1.32. The van der Waals surface area contributed by atoms with E-state index in [0.717, 1.165) is 24.3 Å². The van der Waals surface area contributed by atoms with Gasteiger partial charge < -0.3 is 24.2 Å². The normalized spacial score (nSPS) is 15.7. The summed E-state index contributed by atoms with van der Waals surface area (Å²) in [4.78, 5) is 45.6. The summed E-state index contributed by atoms with van der Waals surface area (Å²) < 4.78 is 22.4. The first kappa shape index (κ1) is 23.9. The first-order valence-corrected chi connectivity index (χ1v) is 12.5. The standard InChI is InChI=1S/C28H25FN4O5/c1-38-24-4-2-3-16-5-8-21(30-25(16)24)27(35)32-11-9-31(10-12-32)23-14-22-18(13-20(23)29)26(34)19(28(36)37)15-33(22)17-6-7-17/h2-5,8,13-15,17H,6-7,9-12H2,1H3,(H,36,37). The van der Waals surface area contributed by atoms with Gasteiger partial charge in [0.25, 0.3) is 5.91 Å². The van der Waals surface area contributed by atoms with Crippen molar-refractivity contribution in [2.45, 2.75) is 18.9 Å². The van der Waals surface area contributed by atoms with Crippen molar-refractivity contribution in [2.75, 3.05) is 38.2 Å². The Morgan fingerprint density at radius 1 is 1.08 bits per heavy atom. The number of carbonyl (C=O) groups excluding carboxylic acids is 1. The molecule has 0 radical (unpaired) electrons. The average molecular weight is 517 g/mol. The summed E-state index contributed by atoms with van der Waals surface area (Å²) in [6, 6.07) is 12.0. The maximum absolute atomic E-state index is 15.3. The molecular formula is C28H25FN4O5. The summed E-state index contributed by atoms with van der Waals surface area (Å²) in [5.41, 5.74) is 0.732. The second-order valence-electron chi connectivity index (χ2n) is 9.64. The van der Waals surface area contributed by atoms with Crippen LogP contribution < -0.4 is 15.1 Å². The number of nitrogens with zero attached hydrogens (tertiary/aromatic N) is 4. The van der Waals surface area contributed by atoms with Gasteiger partial charge in [-0.15, -0.1) is 0 Å². The number of piperazine rings is 1. The van der Waals surface area contributed by atoms with Gasteiger partial charge in [-0.1, -0.05) is 18.2 Å². The number of fused-ring (bicyclic) bond motifs is 2. The lowest BCUT2D eigenvalue weighted by Gasteiger charge is -2.36. The SMILES string of the molecule is COc1cccc2ccc(C(=O)N3CCN(c4cc5c(cc4F)c(=O)c(C(=O)O)cn5C4CC4)CC3)nc12. The highest BCUT2D eigenvalue weighted by Crippen LogP contribution is 2.38.